The van der Waals surface area contributed by atoms with Gasteiger partial charge in [-0.1, -0.05) is 12.1 Å². The molecule has 0 saturated heterocycles. The number of fused-ring (bicyclic) bond motifs is 1. The first kappa shape index (κ1) is 24.9. The molecule has 38 heavy (non-hydrogen) atoms. The summed E-state index contributed by atoms with van der Waals surface area (Å²) in [5, 5.41) is 10.7. The van der Waals surface area contributed by atoms with Crippen molar-refractivity contribution in [1.29, 1.82) is 0 Å². The highest BCUT2D eigenvalue weighted by Crippen LogP contribution is 2.37. The monoisotopic (exact) mass is 519 g/mol. The number of hydrogen-bond donors (Lipinski definition) is 3. The van der Waals surface area contributed by atoms with E-state index >= 15 is 0 Å². The summed E-state index contributed by atoms with van der Waals surface area (Å²) in [6.07, 6.45) is -0.148. The summed E-state index contributed by atoms with van der Waals surface area (Å²) in [6, 6.07) is 13.7. The molecule has 0 spiro atoms. The molecule has 0 unspecified atom stereocenters. The van der Waals surface area contributed by atoms with E-state index in [-0.39, 0.29) is 5.69 Å². The predicted octanol–water partition coefficient (Wildman–Crippen LogP) is 7.08. The summed E-state index contributed by atoms with van der Waals surface area (Å²) in [5.41, 5.74) is 1.77. The smallest absolute Gasteiger partial charge is 0.373 e. The summed E-state index contributed by atoms with van der Waals surface area (Å²) in [7, 11) is 1.77. The number of anilines is 5. The van der Waals surface area contributed by atoms with Crippen molar-refractivity contribution in [2.75, 3.05) is 23.0 Å². The number of alkyl halides is 3. The Hall–Kier alpha value is -4.80. The van der Waals surface area contributed by atoms with Crippen molar-refractivity contribution in [3.63, 3.8) is 0 Å². The van der Waals surface area contributed by atoms with E-state index in [9.17, 15) is 17.6 Å². The maximum Gasteiger partial charge on any atom is 0.419 e. The maximum absolute atomic E-state index is 13.8. The van der Waals surface area contributed by atoms with E-state index in [2.05, 4.69) is 35.9 Å². The molecule has 2 aromatic carbocycles. The van der Waals surface area contributed by atoms with Crippen LogP contribution in [-0.4, -0.2) is 27.0 Å². The summed E-state index contributed by atoms with van der Waals surface area (Å²) < 4.78 is 53.4. The van der Waals surface area contributed by atoms with Crippen LogP contribution >= 0.6 is 0 Å². The zero-order chi connectivity index (χ0) is 26.9. The van der Waals surface area contributed by atoms with Crippen LogP contribution in [0.25, 0.3) is 22.0 Å². The van der Waals surface area contributed by atoms with Gasteiger partial charge in [-0.3, -0.25) is 0 Å². The Balaban J connectivity index is 1.55. The summed E-state index contributed by atoms with van der Waals surface area (Å²) >= 11 is 0. The first-order valence-electron chi connectivity index (χ1n) is 11.5. The van der Waals surface area contributed by atoms with Gasteiger partial charge in [0.2, 0.25) is 0 Å². The molecular weight excluding hydrogens is 498 g/mol. The molecule has 3 heterocycles. The van der Waals surface area contributed by atoms with Crippen LogP contribution in [0.1, 0.15) is 11.1 Å². The fourth-order valence-electron chi connectivity index (χ4n) is 4.06. The molecule has 0 atom stereocenters. The molecule has 0 fully saturated rings. The molecule has 0 aliphatic heterocycles. The standard InChI is InChI=1S/C27H21F4N7/c1-15-5-7-18-17(9-11-34-25(18)37-16-6-8-21(28)20(12-16)27(29,30)31)24(15)38-26-19(4-3-10-33-26)22-13-23(32-2)36-14-35-22/h3-14H,1-2H3,(H,33,38)(H,34,37)(H,32,35,36). The van der Waals surface area contributed by atoms with E-state index < -0.39 is 17.6 Å². The minimum absolute atomic E-state index is 0.0601. The quantitative estimate of drug-likeness (QED) is 0.207. The molecule has 3 N–H and O–H groups in total. The van der Waals surface area contributed by atoms with Crippen molar-refractivity contribution < 1.29 is 17.6 Å². The molecule has 0 amide bonds. The molecule has 7 nitrogen and oxygen atoms in total. The molecule has 11 heteroatoms. The van der Waals surface area contributed by atoms with Gasteiger partial charge in [-0.05, 0) is 48.9 Å². The fraction of sp³-hybridized carbons (Fsp3) is 0.111. The van der Waals surface area contributed by atoms with Crippen LogP contribution < -0.4 is 16.0 Å². The molecule has 0 aliphatic carbocycles. The van der Waals surface area contributed by atoms with Crippen molar-refractivity contribution in [1.82, 2.24) is 19.9 Å². The first-order chi connectivity index (χ1) is 18.2. The number of rotatable bonds is 6. The van der Waals surface area contributed by atoms with E-state index in [4.69, 9.17) is 0 Å². The zero-order valence-corrected chi connectivity index (χ0v) is 20.2. The second-order valence-electron chi connectivity index (χ2n) is 8.39. The Morgan fingerprint density at radius 1 is 0.789 bits per heavy atom. The van der Waals surface area contributed by atoms with Gasteiger partial charge < -0.3 is 16.0 Å². The normalized spacial score (nSPS) is 11.4. The Morgan fingerprint density at radius 3 is 2.39 bits per heavy atom. The van der Waals surface area contributed by atoms with Gasteiger partial charge in [-0.25, -0.2) is 24.3 Å². The van der Waals surface area contributed by atoms with Crippen LogP contribution in [0.4, 0.5) is 46.4 Å². The number of nitrogens with zero attached hydrogens (tertiary/aromatic N) is 4. The lowest BCUT2D eigenvalue weighted by atomic mass is 10.0. The van der Waals surface area contributed by atoms with Crippen molar-refractivity contribution in [3.05, 3.63) is 90.3 Å². The highest BCUT2D eigenvalue weighted by atomic mass is 19.4. The minimum Gasteiger partial charge on any atom is -0.373 e. The lowest BCUT2D eigenvalue weighted by Crippen LogP contribution is -2.09. The zero-order valence-electron chi connectivity index (χ0n) is 20.2. The predicted molar refractivity (Wildman–Crippen MR) is 139 cm³/mol. The Bertz CT molecular complexity index is 1640. The number of halogens is 4. The number of nitrogens with one attached hydrogen (secondary N) is 3. The van der Waals surface area contributed by atoms with Crippen LogP contribution in [0.3, 0.4) is 0 Å². The topological polar surface area (TPSA) is 87.7 Å². The Labute approximate surface area is 215 Å². The highest BCUT2D eigenvalue weighted by molar-refractivity contribution is 6.03. The third-order valence-corrected chi connectivity index (χ3v) is 5.94. The molecule has 0 saturated carbocycles. The van der Waals surface area contributed by atoms with Gasteiger partial charge in [-0.2, -0.15) is 13.2 Å². The number of hydrogen-bond acceptors (Lipinski definition) is 7. The highest BCUT2D eigenvalue weighted by Gasteiger charge is 2.34. The minimum atomic E-state index is -4.82. The molecule has 0 radical (unpaired) electrons. The van der Waals surface area contributed by atoms with E-state index in [1.54, 1.807) is 25.5 Å². The lowest BCUT2D eigenvalue weighted by Gasteiger charge is -2.17. The molecule has 0 bridgehead atoms. The molecule has 5 aromatic rings. The van der Waals surface area contributed by atoms with Crippen LogP contribution in [0, 0.1) is 12.7 Å². The van der Waals surface area contributed by atoms with Gasteiger partial charge in [0.15, 0.2) is 0 Å². The number of aromatic nitrogens is 4. The van der Waals surface area contributed by atoms with Crippen molar-refractivity contribution in [3.8, 4) is 11.3 Å². The van der Waals surface area contributed by atoms with Crippen LogP contribution in [-0.2, 0) is 6.18 Å². The third kappa shape index (κ3) is 4.90. The number of benzene rings is 2. The van der Waals surface area contributed by atoms with Gasteiger partial charge in [-0.15, -0.1) is 0 Å². The molecule has 0 aliphatic rings. The second kappa shape index (κ2) is 9.92. The summed E-state index contributed by atoms with van der Waals surface area (Å²) in [4.78, 5) is 17.4. The number of pyridine rings is 2. The van der Waals surface area contributed by atoms with Crippen molar-refractivity contribution >= 4 is 39.6 Å². The third-order valence-electron chi connectivity index (χ3n) is 5.94. The van der Waals surface area contributed by atoms with Crippen LogP contribution in [0.2, 0.25) is 0 Å². The van der Waals surface area contributed by atoms with Gasteiger partial charge in [0, 0.05) is 47.5 Å². The van der Waals surface area contributed by atoms with Gasteiger partial charge in [0.1, 0.15) is 29.6 Å². The largest absolute Gasteiger partial charge is 0.419 e. The van der Waals surface area contributed by atoms with E-state index in [0.29, 0.717) is 28.5 Å². The molecule has 3 aromatic heterocycles. The maximum atomic E-state index is 13.8. The molecule has 192 valence electrons. The van der Waals surface area contributed by atoms with Crippen molar-refractivity contribution in [2.45, 2.75) is 13.1 Å². The number of aryl methyl sites for hydroxylation is 1. The molecule has 5 rings (SSSR count). The van der Waals surface area contributed by atoms with Gasteiger partial charge in [0.05, 0.1) is 16.9 Å². The van der Waals surface area contributed by atoms with Gasteiger partial charge in [0.25, 0.3) is 0 Å². The lowest BCUT2D eigenvalue weighted by molar-refractivity contribution is -0.139. The summed E-state index contributed by atoms with van der Waals surface area (Å²) in [6.45, 7) is 1.93. The summed E-state index contributed by atoms with van der Waals surface area (Å²) in [5.74, 6) is 0.194. The fourth-order valence-corrected chi connectivity index (χ4v) is 4.06. The van der Waals surface area contributed by atoms with E-state index in [1.165, 1.54) is 12.4 Å². The van der Waals surface area contributed by atoms with E-state index in [1.807, 2.05) is 37.3 Å². The first-order valence-corrected chi connectivity index (χ1v) is 11.5. The van der Waals surface area contributed by atoms with E-state index in [0.717, 1.165) is 34.3 Å². The van der Waals surface area contributed by atoms with Crippen LogP contribution in [0.15, 0.2) is 73.3 Å². The second-order valence-corrected chi connectivity index (χ2v) is 8.39. The van der Waals surface area contributed by atoms with Gasteiger partial charge >= 0.3 is 6.18 Å². The molecular formula is C27H21F4N7. The van der Waals surface area contributed by atoms with Crippen LogP contribution in [0.5, 0.6) is 0 Å². The Kier molecular flexibility index (Phi) is 6.50. The Morgan fingerprint density at radius 2 is 1.61 bits per heavy atom. The SMILES string of the molecule is CNc1cc(-c2cccnc2Nc2c(C)ccc3c(Nc4ccc(F)c(C(F)(F)F)c4)nccc23)ncn1. The van der Waals surface area contributed by atoms with Crippen molar-refractivity contribution in [2.24, 2.45) is 0 Å². The average Bonchev–Trinajstić information content (AvgIpc) is 2.91. The average molecular weight is 520 g/mol.